The van der Waals surface area contributed by atoms with E-state index in [4.69, 9.17) is 4.74 Å². The van der Waals surface area contributed by atoms with E-state index in [1.165, 1.54) is 13.2 Å². The third-order valence-electron chi connectivity index (χ3n) is 3.48. The molecule has 0 fully saturated rings. The van der Waals surface area contributed by atoms with Crippen molar-refractivity contribution in [2.75, 3.05) is 7.11 Å². The first kappa shape index (κ1) is 16.0. The van der Waals surface area contributed by atoms with Gasteiger partial charge in [-0.05, 0) is 37.1 Å². The largest absolute Gasteiger partial charge is 0.489 e. The quantitative estimate of drug-likeness (QED) is 0.789. The molecule has 0 heterocycles. The highest BCUT2D eigenvalue weighted by Crippen LogP contribution is 2.22. The monoisotopic (exact) mass is 302 g/mol. The van der Waals surface area contributed by atoms with Crippen molar-refractivity contribution in [3.8, 4) is 5.75 Å². The predicted molar refractivity (Wildman–Crippen MR) is 82.4 cm³/mol. The molecule has 2 aromatic rings. The van der Waals surface area contributed by atoms with E-state index in [1.54, 1.807) is 12.1 Å². The van der Waals surface area contributed by atoms with E-state index in [1.807, 2.05) is 32.0 Å². The summed E-state index contributed by atoms with van der Waals surface area (Å²) in [5.41, 5.74) is 3.09. The minimum Gasteiger partial charge on any atom is -0.489 e. The molecule has 2 aromatic carbocycles. The van der Waals surface area contributed by atoms with E-state index in [9.17, 15) is 9.18 Å². The van der Waals surface area contributed by atoms with Crippen LogP contribution in [0.15, 0.2) is 36.4 Å². The number of aryl methyl sites for hydroxylation is 2. The van der Waals surface area contributed by atoms with Crippen LogP contribution in [0, 0.1) is 19.7 Å². The lowest BCUT2D eigenvalue weighted by Gasteiger charge is -2.13. The molecule has 0 aliphatic heterocycles. The molecule has 0 amide bonds. The molecular weight excluding hydrogens is 283 g/mol. The third-order valence-corrected chi connectivity index (χ3v) is 3.48. The molecule has 0 N–H and O–H groups in total. The number of ether oxygens (including phenoxy) is 2. The Kier molecular flexibility index (Phi) is 5.15. The van der Waals surface area contributed by atoms with Crippen LogP contribution < -0.4 is 4.74 Å². The van der Waals surface area contributed by atoms with Crippen molar-refractivity contribution in [1.29, 1.82) is 0 Å². The second-order valence-electron chi connectivity index (χ2n) is 5.19. The molecular formula is C18H19FO3. The van der Waals surface area contributed by atoms with Gasteiger partial charge < -0.3 is 9.47 Å². The van der Waals surface area contributed by atoms with Crippen LogP contribution in [0.25, 0.3) is 0 Å². The van der Waals surface area contributed by atoms with Gasteiger partial charge in [0.15, 0.2) is 0 Å². The van der Waals surface area contributed by atoms with Crippen LogP contribution in [0.1, 0.15) is 22.3 Å². The Morgan fingerprint density at radius 3 is 2.64 bits per heavy atom. The Bertz CT molecular complexity index is 680. The molecule has 3 nitrogen and oxygen atoms in total. The van der Waals surface area contributed by atoms with Crippen molar-refractivity contribution < 1.29 is 18.7 Å². The molecule has 0 aliphatic carbocycles. The van der Waals surface area contributed by atoms with Crippen molar-refractivity contribution >= 4 is 5.97 Å². The fraction of sp³-hybridized carbons (Fsp3) is 0.278. The summed E-state index contributed by atoms with van der Waals surface area (Å²) in [5.74, 6) is -0.0811. The normalized spacial score (nSPS) is 10.4. The average molecular weight is 302 g/mol. The highest BCUT2D eigenvalue weighted by Gasteiger charge is 2.13. The highest BCUT2D eigenvalue weighted by molar-refractivity contribution is 5.72. The predicted octanol–water partition coefficient (Wildman–Crippen LogP) is 3.74. The Labute approximate surface area is 129 Å². The number of carbonyl (C=O) groups is 1. The van der Waals surface area contributed by atoms with Crippen LogP contribution in [0.3, 0.4) is 0 Å². The number of methoxy groups -OCH3 is 1. The smallest absolute Gasteiger partial charge is 0.309 e. The summed E-state index contributed by atoms with van der Waals surface area (Å²) in [6.07, 6.45) is 0.0276. The first-order valence-electron chi connectivity index (χ1n) is 7.04. The Morgan fingerprint density at radius 2 is 1.95 bits per heavy atom. The summed E-state index contributed by atoms with van der Waals surface area (Å²) in [6.45, 7) is 4.02. The molecule has 0 saturated carbocycles. The van der Waals surface area contributed by atoms with Gasteiger partial charge in [-0.25, -0.2) is 4.39 Å². The van der Waals surface area contributed by atoms with E-state index in [0.717, 1.165) is 11.1 Å². The second kappa shape index (κ2) is 7.07. The van der Waals surface area contributed by atoms with E-state index < -0.39 is 5.97 Å². The van der Waals surface area contributed by atoms with Gasteiger partial charge in [-0.3, -0.25) is 4.79 Å². The number of carbonyl (C=O) groups excluding carboxylic acids is 1. The lowest BCUT2D eigenvalue weighted by Crippen LogP contribution is -2.10. The zero-order chi connectivity index (χ0) is 16.1. The fourth-order valence-corrected chi connectivity index (χ4v) is 2.27. The van der Waals surface area contributed by atoms with Gasteiger partial charge in [0, 0.05) is 5.56 Å². The third kappa shape index (κ3) is 3.85. The maximum absolute atomic E-state index is 14.0. The maximum atomic E-state index is 14.0. The van der Waals surface area contributed by atoms with E-state index in [2.05, 4.69) is 4.74 Å². The van der Waals surface area contributed by atoms with Gasteiger partial charge in [0.1, 0.15) is 18.2 Å². The number of halogens is 1. The fourth-order valence-electron chi connectivity index (χ4n) is 2.27. The number of hydrogen-bond acceptors (Lipinski definition) is 3. The van der Waals surface area contributed by atoms with Gasteiger partial charge in [-0.2, -0.15) is 0 Å². The summed E-state index contributed by atoms with van der Waals surface area (Å²) >= 11 is 0. The zero-order valence-corrected chi connectivity index (χ0v) is 13.0. The van der Waals surface area contributed by atoms with E-state index in [0.29, 0.717) is 16.9 Å². The molecule has 2 rings (SSSR count). The SMILES string of the molecule is COC(=O)Cc1cccc(F)c1COc1ccc(C)cc1C. The standard InChI is InChI=1S/C18H19FO3/c1-12-7-8-17(13(2)9-12)22-11-15-14(10-18(20)21-3)5-4-6-16(15)19/h4-9H,10-11H2,1-3H3. The Hall–Kier alpha value is -2.36. The van der Waals surface area contributed by atoms with Crippen LogP contribution in [0.2, 0.25) is 0 Å². The molecule has 0 unspecified atom stereocenters. The summed E-state index contributed by atoms with van der Waals surface area (Å²) < 4.78 is 24.4. The molecule has 0 bridgehead atoms. The van der Waals surface area contributed by atoms with Gasteiger partial charge in [-0.15, -0.1) is 0 Å². The van der Waals surface area contributed by atoms with E-state index in [-0.39, 0.29) is 18.8 Å². The average Bonchev–Trinajstić information content (AvgIpc) is 2.48. The first-order valence-corrected chi connectivity index (χ1v) is 7.04. The molecule has 0 aliphatic rings. The lowest BCUT2D eigenvalue weighted by molar-refractivity contribution is -0.139. The first-order chi connectivity index (χ1) is 10.5. The minimum atomic E-state index is -0.404. The Balaban J connectivity index is 2.19. The minimum absolute atomic E-state index is 0.0276. The zero-order valence-electron chi connectivity index (χ0n) is 13.0. The molecule has 4 heteroatoms. The van der Waals surface area contributed by atoms with Crippen molar-refractivity contribution in [1.82, 2.24) is 0 Å². The van der Waals surface area contributed by atoms with Crippen LogP contribution in [0.5, 0.6) is 5.75 Å². The van der Waals surface area contributed by atoms with Crippen molar-refractivity contribution in [2.24, 2.45) is 0 Å². The van der Waals surface area contributed by atoms with E-state index >= 15 is 0 Å². The van der Waals surface area contributed by atoms with Gasteiger partial charge in [0.05, 0.1) is 13.5 Å². The lowest BCUT2D eigenvalue weighted by atomic mass is 10.0. The van der Waals surface area contributed by atoms with Crippen LogP contribution in [-0.2, 0) is 22.6 Å². The van der Waals surface area contributed by atoms with Crippen LogP contribution >= 0.6 is 0 Å². The van der Waals surface area contributed by atoms with Crippen molar-refractivity contribution in [3.05, 3.63) is 64.5 Å². The van der Waals surface area contributed by atoms with Gasteiger partial charge in [0.2, 0.25) is 0 Å². The van der Waals surface area contributed by atoms with Crippen LogP contribution in [-0.4, -0.2) is 13.1 Å². The molecule has 0 aromatic heterocycles. The highest BCUT2D eigenvalue weighted by atomic mass is 19.1. The second-order valence-corrected chi connectivity index (χ2v) is 5.19. The maximum Gasteiger partial charge on any atom is 0.309 e. The molecule has 0 spiro atoms. The van der Waals surface area contributed by atoms with Gasteiger partial charge in [0.25, 0.3) is 0 Å². The molecule has 22 heavy (non-hydrogen) atoms. The number of esters is 1. The van der Waals surface area contributed by atoms with Gasteiger partial charge >= 0.3 is 5.97 Å². The topological polar surface area (TPSA) is 35.5 Å². The number of rotatable bonds is 5. The van der Waals surface area contributed by atoms with Crippen molar-refractivity contribution in [3.63, 3.8) is 0 Å². The molecule has 0 radical (unpaired) electrons. The molecule has 0 saturated heterocycles. The van der Waals surface area contributed by atoms with Gasteiger partial charge in [-0.1, -0.05) is 29.8 Å². The summed E-state index contributed by atoms with van der Waals surface area (Å²) in [6, 6.07) is 10.5. The molecule has 0 atom stereocenters. The summed E-state index contributed by atoms with van der Waals surface area (Å²) in [4.78, 5) is 11.4. The summed E-state index contributed by atoms with van der Waals surface area (Å²) in [5, 5.41) is 0. The Morgan fingerprint density at radius 1 is 1.18 bits per heavy atom. The van der Waals surface area contributed by atoms with Crippen molar-refractivity contribution in [2.45, 2.75) is 26.9 Å². The summed E-state index contributed by atoms with van der Waals surface area (Å²) in [7, 11) is 1.31. The number of hydrogen-bond donors (Lipinski definition) is 0. The van der Waals surface area contributed by atoms with Crippen LogP contribution in [0.4, 0.5) is 4.39 Å². The number of benzene rings is 2. The molecule has 116 valence electrons.